The zero-order chi connectivity index (χ0) is 47.1. The number of anilines is 6. The molecule has 0 unspecified atom stereocenters. The molecule has 0 N–H and O–H groups in total. The first kappa shape index (κ1) is 41.7. The molecule has 0 radical (unpaired) electrons. The quantitative estimate of drug-likeness (QED) is 0.150. The van der Waals surface area contributed by atoms with Gasteiger partial charge in [-0.2, -0.15) is 0 Å². The number of rotatable bonds is 8. The highest BCUT2D eigenvalue weighted by Crippen LogP contribution is 2.55. The molecule has 0 saturated heterocycles. The molecular weight excluding hydrogens is 845 g/mol. The fourth-order valence-corrected chi connectivity index (χ4v) is 11.9. The molecule has 11 aromatic carbocycles. The first-order chi connectivity index (χ1) is 34.3. The Labute approximate surface area is 411 Å². The highest BCUT2D eigenvalue weighted by Gasteiger charge is 2.38. The minimum Gasteiger partial charge on any atom is -0.311 e. The predicted octanol–water partition coefficient (Wildman–Crippen LogP) is 18.9. The van der Waals surface area contributed by atoms with Crippen molar-refractivity contribution in [3.8, 4) is 44.5 Å². The van der Waals surface area contributed by atoms with Gasteiger partial charge in [0.05, 0.1) is 5.69 Å². The minimum atomic E-state index is -0.238. The Balaban J connectivity index is 0.899. The van der Waals surface area contributed by atoms with E-state index < -0.39 is 0 Å². The molecule has 0 saturated carbocycles. The predicted molar refractivity (Wildman–Crippen MR) is 297 cm³/mol. The zero-order valence-electron chi connectivity index (χ0n) is 40.0. The van der Waals surface area contributed by atoms with Crippen LogP contribution in [0.15, 0.2) is 243 Å². The number of nitrogens with zero attached hydrogens (tertiary/aromatic N) is 2. The summed E-state index contributed by atoms with van der Waals surface area (Å²) < 4.78 is 0. The molecule has 0 bridgehead atoms. The molecule has 70 heavy (non-hydrogen) atoms. The molecule has 0 heterocycles. The lowest BCUT2D eigenvalue weighted by atomic mass is 9.80. The first-order valence-corrected chi connectivity index (χ1v) is 24.6. The lowest BCUT2D eigenvalue weighted by Crippen LogP contribution is -2.16. The van der Waals surface area contributed by atoms with Crippen molar-refractivity contribution in [2.75, 3.05) is 9.80 Å². The van der Waals surface area contributed by atoms with E-state index in [1.54, 1.807) is 0 Å². The number of hydrogen-bond acceptors (Lipinski definition) is 2. The summed E-state index contributed by atoms with van der Waals surface area (Å²) in [4.78, 5) is 4.78. The average molecular weight is 897 g/mol. The largest absolute Gasteiger partial charge is 0.311 e. The molecule has 334 valence electrons. The Morgan fingerprint density at radius 2 is 0.714 bits per heavy atom. The van der Waals surface area contributed by atoms with E-state index >= 15 is 0 Å². The smallest absolute Gasteiger partial charge is 0.0540 e. The van der Waals surface area contributed by atoms with E-state index in [0.717, 1.165) is 34.1 Å². The monoisotopic (exact) mass is 896 g/mol. The summed E-state index contributed by atoms with van der Waals surface area (Å²) in [5.41, 5.74) is 22.2. The van der Waals surface area contributed by atoms with Gasteiger partial charge in [-0.3, -0.25) is 0 Å². The molecule has 0 amide bonds. The third-order valence-corrected chi connectivity index (χ3v) is 15.4. The van der Waals surface area contributed by atoms with Crippen LogP contribution >= 0.6 is 0 Å². The zero-order valence-corrected chi connectivity index (χ0v) is 40.0. The second-order valence-electron chi connectivity index (χ2n) is 20.1. The molecule has 0 atom stereocenters. The SMILES string of the molecule is CC1(C)c2ccccc2-c2ccc(N(c3ccccc3)c3ccc(-c4ccc5c(c4)C(C)(C)c4cc(-c6ccc(N(c7ccccc7)c7ccccc7)cc6)c6ccccc6c4-5)c4ccccc34)cc21. The lowest BCUT2D eigenvalue weighted by Gasteiger charge is -2.29. The second-order valence-corrected chi connectivity index (χ2v) is 20.1. The minimum absolute atomic E-state index is 0.107. The van der Waals surface area contributed by atoms with Crippen LogP contribution in [0.25, 0.3) is 66.1 Å². The van der Waals surface area contributed by atoms with E-state index in [-0.39, 0.29) is 10.8 Å². The molecule has 0 fully saturated rings. The van der Waals surface area contributed by atoms with Gasteiger partial charge in [-0.25, -0.2) is 0 Å². The van der Waals surface area contributed by atoms with Gasteiger partial charge in [0.15, 0.2) is 0 Å². The van der Waals surface area contributed by atoms with E-state index in [4.69, 9.17) is 0 Å². The molecule has 13 rings (SSSR count). The van der Waals surface area contributed by atoms with Gasteiger partial charge in [0.2, 0.25) is 0 Å². The van der Waals surface area contributed by atoms with Crippen molar-refractivity contribution in [1.82, 2.24) is 0 Å². The van der Waals surface area contributed by atoms with Crippen molar-refractivity contribution in [3.63, 3.8) is 0 Å². The van der Waals surface area contributed by atoms with Crippen molar-refractivity contribution in [2.45, 2.75) is 38.5 Å². The molecule has 0 spiro atoms. The Bertz CT molecular complexity index is 3770. The van der Waals surface area contributed by atoms with E-state index in [9.17, 15) is 0 Å². The van der Waals surface area contributed by atoms with Gasteiger partial charge in [-0.1, -0.05) is 191 Å². The molecule has 2 aliphatic carbocycles. The molecular formula is C68H52N2. The summed E-state index contributed by atoms with van der Waals surface area (Å²) in [5, 5.41) is 5.01. The Morgan fingerprint density at radius 3 is 1.39 bits per heavy atom. The third kappa shape index (κ3) is 6.47. The fourth-order valence-electron chi connectivity index (χ4n) is 11.9. The normalized spacial score (nSPS) is 13.7. The fraction of sp³-hybridized carbons (Fsp3) is 0.0882. The van der Waals surface area contributed by atoms with Crippen molar-refractivity contribution < 1.29 is 0 Å². The molecule has 2 heteroatoms. The topological polar surface area (TPSA) is 6.48 Å². The number of para-hydroxylation sites is 3. The maximum atomic E-state index is 2.49. The van der Waals surface area contributed by atoms with Crippen LogP contribution in [0.4, 0.5) is 34.1 Å². The van der Waals surface area contributed by atoms with Crippen molar-refractivity contribution in [2.24, 2.45) is 0 Å². The van der Waals surface area contributed by atoms with Crippen molar-refractivity contribution in [1.29, 1.82) is 0 Å². The van der Waals surface area contributed by atoms with Gasteiger partial charge < -0.3 is 9.80 Å². The number of fused-ring (bicyclic) bond motifs is 9. The van der Waals surface area contributed by atoms with Gasteiger partial charge >= 0.3 is 0 Å². The van der Waals surface area contributed by atoms with E-state index in [1.807, 2.05) is 0 Å². The Hall–Kier alpha value is -8.46. The van der Waals surface area contributed by atoms with Gasteiger partial charge in [-0.05, 0) is 162 Å². The molecule has 0 aromatic heterocycles. The van der Waals surface area contributed by atoms with Crippen LogP contribution in [-0.4, -0.2) is 0 Å². The molecule has 2 nitrogen and oxygen atoms in total. The molecule has 0 aliphatic heterocycles. The van der Waals surface area contributed by atoms with Crippen LogP contribution in [0.3, 0.4) is 0 Å². The van der Waals surface area contributed by atoms with Gasteiger partial charge in [0.1, 0.15) is 0 Å². The number of benzene rings is 11. The van der Waals surface area contributed by atoms with Gasteiger partial charge in [0.25, 0.3) is 0 Å². The van der Waals surface area contributed by atoms with Crippen LogP contribution in [0, 0.1) is 0 Å². The summed E-state index contributed by atoms with van der Waals surface area (Å²) in [6, 6.07) is 89.6. The maximum Gasteiger partial charge on any atom is 0.0540 e. The summed E-state index contributed by atoms with van der Waals surface area (Å²) in [6.45, 7) is 9.55. The third-order valence-electron chi connectivity index (χ3n) is 15.4. The lowest BCUT2D eigenvalue weighted by molar-refractivity contribution is 0.660. The van der Waals surface area contributed by atoms with E-state index in [2.05, 4.69) is 280 Å². The van der Waals surface area contributed by atoms with Crippen LogP contribution in [0.5, 0.6) is 0 Å². The maximum absolute atomic E-state index is 2.49. The van der Waals surface area contributed by atoms with Gasteiger partial charge in [-0.15, -0.1) is 0 Å². The first-order valence-electron chi connectivity index (χ1n) is 24.6. The average Bonchev–Trinajstić information content (AvgIpc) is 3.78. The Kier molecular flexibility index (Phi) is 9.58. The highest BCUT2D eigenvalue weighted by molar-refractivity contribution is 6.10. The van der Waals surface area contributed by atoms with Crippen LogP contribution < -0.4 is 9.80 Å². The van der Waals surface area contributed by atoms with Crippen molar-refractivity contribution in [3.05, 3.63) is 265 Å². The molecule has 11 aromatic rings. The summed E-state index contributed by atoms with van der Waals surface area (Å²) in [7, 11) is 0. The summed E-state index contributed by atoms with van der Waals surface area (Å²) >= 11 is 0. The van der Waals surface area contributed by atoms with Crippen LogP contribution in [0.1, 0.15) is 49.9 Å². The van der Waals surface area contributed by atoms with E-state index in [0.29, 0.717) is 0 Å². The van der Waals surface area contributed by atoms with Gasteiger partial charge in [0, 0.05) is 44.7 Å². The van der Waals surface area contributed by atoms with Crippen LogP contribution in [-0.2, 0) is 10.8 Å². The molecule has 2 aliphatic rings. The van der Waals surface area contributed by atoms with Crippen LogP contribution in [0.2, 0.25) is 0 Å². The summed E-state index contributed by atoms with van der Waals surface area (Å²) in [6.07, 6.45) is 0. The van der Waals surface area contributed by atoms with Crippen molar-refractivity contribution >= 4 is 55.7 Å². The van der Waals surface area contributed by atoms with E-state index in [1.165, 1.54) is 88.3 Å². The number of hydrogen-bond donors (Lipinski definition) is 0. The highest BCUT2D eigenvalue weighted by atomic mass is 15.1. The standard InChI is InChI=1S/C68H52N2/c1-67(2)61-31-19-18-28-55(61)56-39-37-51(43-63(56)67)70(49-24-12-7-13-25-49)65-41-40-52(53-26-14-16-29-57(53)65)46-34-38-59-62(42-46)68(3,4)64-44-60(54-27-15-17-30-58(54)66(59)64)45-32-35-50(36-33-45)69(47-20-8-5-9-21-47)48-22-10-6-11-23-48/h5-44H,1-4H3. The Morgan fingerprint density at radius 1 is 0.257 bits per heavy atom. The second kappa shape index (κ2) is 16.1. The summed E-state index contributed by atoms with van der Waals surface area (Å²) in [5.74, 6) is 0.